The minimum absolute atomic E-state index is 0.159. The van der Waals surface area contributed by atoms with Crippen molar-refractivity contribution >= 4 is 5.91 Å². The van der Waals surface area contributed by atoms with Gasteiger partial charge in [-0.1, -0.05) is 29.4 Å². The number of carbonyl (C=O) groups is 1. The molecule has 0 saturated carbocycles. The highest BCUT2D eigenvalue weighted by Gasteiger charge is 2.32. The van der Waals surface area contributed by atoms with Gasteiger partial charge in [0.15, 0.2) is 11.5 Å². The average molecular weight is 338 g/mol. The summed E-state index contributed by atoms with van der Waals surface area (Å²) >= 11 is 0. The van der Waals surface area contributed by atoms with Crippen molar-refractivity contribution in [3.05, 3.63) is 65.5 Å². The number of aliphatic hydroxyl groups is 1. The van der Waals surface area contributed by atoms with Crippen LogP contribution in [0.25, 0.3) is 11.5 Å². The number of hydrogen-bond acceptors (Lipinski definition) is 5. The minimum atomic E-state index is -0.947. The molecular weight excluding hydrogens is 320 g/mol. The molecule has 128 valence electrons. The molecule has 6 heteroatoms. The van der Waals surface area contributed by atoms with Gasteiger partial charge in [-0.2, -0.15) is 0 Å². The van der Waals surface area contributed by atoms with Crippen LogP contribution in [0.3, 0.4) is 0 Å². The molecule has 0 unspecified atom stereocenters. The van der Waals surface area contributed by atoms with Gasteiger partial charge in [0, 0.05) is 19.0 Å². The van der Waals surface area contributed by atoms with E-state index in [1.165, 1.54) is 17.9 Å². The zero-order valence-electron chi connectivity index (χ0n) is 13.6. The molecule has 0 saturated heterocycles. The summed E-state index contributed by atoms with van der Waals surface area (Å²) < 4.78 is 10.3. The molecule has 1 amide bonds. The lowest BCUT2D eigenvalue weighted by molar-refractivity contribution is 0.0259. The maximum atomic E-state index is 12.3. The molecule has 2 heterocycles. The van der Waals surface area contributed by atoms with Crippen molar-refractivity contribution in [1.29, 1.82) is 0 Å². The Hall–Kier alpha value is -2.86. The van der Waals surface area contributed by atoms with E-state index in [1.54, 1.807) is 12.1 Å². The van der Waals surface area contributed by atoms with E-state index in [1.807, 2.05) is 18.2 Å². The van der Waals surface area contributed by atoms with Crippen LogP contribution in [0.4, 0.5) is 0 Å². The predicted molar refractivity (Wildman–Crippen MR) is 90.0 cm³/mol. The van der Waals surface area contributed by atoms with E-state index >= 15 is 0 Å². The number of aryl methyl sites for hydroxylation is 1. The Bertz CT molecular complexity index is 884. The number of fused-ring (bicyclic) bond motifs is 1. The molecule has 0 aliphatic heterocycles. The monoisotopic (exact) mass is 338 g/mol. The Morgan fingerprint density at radius 1 is 1.20 bits per heavy atom. The van der Waals surface area contributed by atoms with E-state index in [2.05, 4.69) is 16.5 Å². The fourth-order valence-electron chi connectivity index (χ4n) is 3.19. The van der Waals surface area contributed by atoms with Gasteiger partial charge in [0.25, 0.3) is 5.91 Å². The molecule has 2 aromatic heterocycles. The number of rotatable bonds is 4. The highest BCUT2D eigenvalue weighted by molar-refractivity contribution is 5.93. The lowest BCUT2D eigenvalue weighted by Gasteiger charge is -2.33. The summed E-state index contributed by atoms with van der Waals surface area (Å²) in [5.41, 5.74) is 1.61. The van der Waals surface area contributed by atoms with Crippen molar-refractivity contribution in [2.24, 2.45) is 0 Å². The van der Waals surface area contributed by atoms with E-state index in [0.29, 0.717) is 24.4 Å². The van der Waals surface area contributed by atoms with Crippen molar-refractivity contribution in [2.45, 2.75) is 24.9 Å². The molecule has 0 fully saturated rings. The summed E-state index contributed by atoms with van der Waals surface area (Å²) in [5.74, 6) is 0.517. The highest BCUT2D eigenvalue weighted by atomic mass is 16.5. The van der Waals surface area contributed by atoms with E-state index in [-0.39, 0.29) is 18.1 Å². The highest BCUT2D eigenvalue weighted by Crippen LogP contribution is 2.28. The zero-order chi connectivity index (χ0) is 17.3. The Morgan fingerprint density at radius 3 is 2.84 bits per heavy atom. The first kappa shape index (κ1) is 15.7. The first-order valence-electron chi connectivity index (χ1n) is 8.21. The van der Waals surface area contributed by atoms with Gasteiger partial charge in [0.2, 0.25) is 5.76 Å². The molecule has 25 heavy (non-hydrogen) atoms. The summed E-state index contributed by atoms with van der Waals surface area (Å²) in [6.07, 6.45) is 3.46. The molecule has 6 nitrogen and oxygen atoms in total. The Labute approximate surface area is 144 Å². The molecule has 0 bridgehead atoms. The van der Waals surface area contributed by atoms with E-state index in [9.17, 15) is 9.90 Å². The van der Waals surface area contributed by atoms with Crippen molar-refractivity contribution < 1.29 is 18.8 Å². The number of nitrogens with one attached hydrogen (secondary N) is 1. The first-order chi connectivity index (χ1) is 12.1. The normalized spacial score (nSPS) is 19.4. The van der Waals surface area contributed by atoms with Crippen LogP contribution < -0.4 is 5.32 Å². The third kappa shape index (κ3) is 3.21. The Balaban J connectivity index is 1.41. The van der Waals surface area contributed by atoms with Crippen LogP contribution in [0.2, 0.25) is 0 Å². The fourth-order valence-corrected chi connectivity index (χ4v) is 3.19. The lowest BCUT2D eigenvalue weighted by atomic mass is 9.80. The van der Waals surface area contributed by atoms with Crippen molar-refractivity contribution in [2.75, 3.05) is 6.54 Å². The molecule has 0 spiro atoms. The number of benzene rings is 1. The summed E-state index contributed by atoms with van der Waals surface area (Å²) in [6, 6.07) is 13.1. The molecule has 1 atom stereocenters. The van der Waals surface area contributed by atoms with E-state index < -0.39 is 5.60 Å². The summed E-state index contributed by atoms with van der Waals surface area (Å²) in [7, 11) is 0. The van der Waals surface area contributed by atoms with Gasteiger partial charge in [-0.15, -0.1) is 0 Å². The van der Waals surface area contributed by atoms with E-state index in [0.717, 1.165) is 12.0 Å². The van der Waals surface area contributed by atoms with Gasteiger partial charge in [0.05, 0.1) is 11.9 Å². The number of amides is 1. The topological polar surface area (TPSA) is 88.5 Å². The van der Waals surface area contributed by atoms with Gasteiger partial charge >= 0.3 is 0 Å². The molecule has 1 aliphatic rings. The quantitative estimate of drug-likeness (QED) is 0.763. The number of nitrogens with zero attached hydrogens (tertiary/aromatic N) is 1. The lowest BCUT2D eigenvalue weighted by Crippen LogP contribution is -2.46. The second-order valence-corrected chi connectivity index (χ2v) is 6.41. The van der Waals surface area contributed by atoms with Gasteiger partial charge < -0.3 is 19.4 Å². The molecule has 1 aromatic carbocycles. The molecule has 1 aliphatic carbocycles. The zero-order valence-corrected chi connectivity index (χ0v) is 13.6. The van der Waals surface area contributed by atoms with Crippen molar-refractivity contribution in [3.8, 4) is 11.5 Å². The van der Waals surface area contributed by atoms with Crippen molar-refractivity contribution in [1.82, 2.24) is 10.5 Å². The van der Waals surface area contributed by atoms with Gasteiger partial charge in [-0.05, 0) is 36.1 Å². The molecule has 4 rings (SSSR count). The molecule has 3 aromatic rings. The third-order valence-corrected chi connectivity index (χ3v) is 4.58. The van der Waals surface area contributed by atoms with E-state index in [4.69, 9.17) is 8.94 Å². The van der Waals surface area contributed by atoms with Gasteiger partial charge in [-0.3, -0.25) is 4.79 Å². The SMILES string of the molecule is O=C(NC[C@@]1(O)CCc2ccccc2C1)c1cc(-c2ccco2)on1. The standard InChI is InChI=1S/C19H18N2O4/c22-18(15-10-17(25-21-15)16-6-3-9-24-16)20-12-19(23)8-7-13-4-1-2-5-14(13)11-19/h1-6,9-10,23H,7-8,11-12H2,(H,20,22)/t19-/m1/s1. The van der Waals surface area contributed by atoms with Crippen LogP contribution in [0.1, 0.15) is 28.0 Å². The second kappa shape index (κ2) is 6.22. The maximum Gasteiger partial charge on any atom is 0.273 e. The summed E-state index contributed by atoms with van der Waals surface area (Å²) in [5, 5.41) is 17.3. The third-order valence-electron chi connectivity index (χ3n) is 4.58. The maximum absolute atomic E-state index is 12.3. The number of carbonyl (C=O) groups excluding carboxylic acids is 1. The van der Waals surface area contributed by atoms with Crippen LogP contribution in [-0.4, -0.2) is 28.3 Å². The second-order valence-electron chi connectivity index (χ2n) is 6.41. The van der Waals surface area contributed by atoms with Crippen LogP contribution >= 0.6 is 0 Å². The smallest absolute Gasteiger partial charge is 0.273 e. The largest absolute Gasteiger partial charge is 0.461 e. The van der Waals surface area contributed by atoms with Crippen molar-refractivity contribution in [3.63, 3.8) is 0 Å². The molecular formula is C19H18N2O4. The minimum Gasteiger partial charge on any atom is -0.461 e. The first-order valence-corrected chi connectivity index (χ1v) is 8.21. The predicted octanol–water partition coefficient (Wildman–Crippen LogP) is 2.58. The van der Waals surface area contributed by atoms with Crippen LogP contribution in [-0.2, 0) is 12.8 Å². The molecule has 0 radical (unpaired) electrons. The summed E-state index contributed by atoms with van der Waals surface area (Å²) in [4.78, 5) is 12.3. The Morgan fingerprint density at radius 2 is 2.04 bits per heavy atom. The summed E-state index contributed by atoms with van der Waals surface area (Å²) in [6.45, 7) is 0.170. The molecule has 2 N–H and O–H groups in total. The number of furan rings is 1. The Kier molecular flexibility index (Phi) is 3.89. The number of aromatic nitrogens is 1. The van der Waals surface area contributed by atoms with Crippen LogP contribution in [0.15, 0.2) is 57.7 Å². The number of hydrogen-bond donors (Lipinski definition) is 2. The van der Waals surface area contributed by atoms with Gasteiger partial charge in [0.1, 0.15) is 0 Å². The van der Waals surface area contributed by atoms with Crippen LogP contribution in [0, 0.1) is 0 Å². The fraction of sp³-hybridized carbons (Fsp3) is 0.263. The average Bonchev–Trinajstić information content (AvgIpc) is 3.31. The van der Waals surface area contributed by atoms with Crippen LogP contribution in [0.5, 0.6) is 0 Å². The van der Waals surface area contributed by atoms with Gasteiger partial charge in [-0.25, -0.2) is 0 Å².